The van der Waals surface area contributed by atoms with Gasteiger partial charge in [0.2, 0.25) is 0 Å². The van der Waals surface area contributed by atoms with E-state index in [-0.39, 0.29) is 11.5 Å². The number of hydrogen-bond donors (Lipinski definition) is 1. The van der Waals surface area contributed by atoms with E-state index in [1.165, 1.54) is 56.9 Å². The summed E-state index contributed by atoms with van der Waals surface area (Å²) in [6.45, 7) is 8.14. The van der Waals surface area contributed by atoms with E-state index in [1.807, 2.05) is 6.92 Å². The van der Waals surface area contributed by atoms with Crippen molar-refractivity contribution in [3.63, 3.8) is 0 Å². The van der Waals surface area contributed by atoms with Crippen LogP contribution in [0.4, 0.5) is 0 Å². The Bertz CT molecular complexity index is 528. The molecule has 0 aliphatic carbocycles. The highest BCUT2D eigenvalue weighted by molar-refractivity contribution is 5.14. The van der Waals surface area contributed by atoms with Crippen molar-refractivity contribution in [2.24, 2.45) is 11.8 Å². The van der Waals surface area contributed by atoms with Crippen molar-refractivity contribution in [2.45, 2.75) is 103 Å². The van der Waals surface area contributed by atoms with Crippen LogP contribution in [0.25, 0.3) is 0 Å². The lowest BCUT2D eigenvalue weighted by Gasteiger charge is -2.44. The molecule has 27 heavy (non-hydrogen) atoms. The van der Waals surface area contributed by atoms with Crippen LogP contribution in [-0.2, 0) is 16.2 Å². The van der Waals surface area contributed by atoms with Gasteiger partial charge in [-0.3, -0.25) is 0 Å². The van der Waals surface area contributed by atoms with Gasteiger partial charge in [0.25, 0.3) is 0 Å². The van der Waals surface area contributed by atoms with Crippen molar-refractivity contribution in [2.75, 3.05) is 0 Å². The standard InChI is InChI=1S/C24H40O3/c1-20(18-23(3)19-21(2)24(4,25)27-26-23)14-10-7-5-6-8-11-15-22-16-12-9-13-17-22/h9,12-13,16-17,20-21,25H,5-8,10-11,14-15,18-19H2,1-4H3/t20?,21-,23+,24+/m1/s1. The summed E-state index contributed by atoms with van der Waals surface area (Å²) in [6.07, 6.45) is 12.2. The lowest BCUT2D eigenvalue weighted by molar-refractivity contribution is -0.493. The Balaban J connectivity index is 1.50. The van der Waals surface area contributed by atoms with Gasteiger partial charge in [-0.2, -0.15) is 0 Å². The Morgan fingerprint density at radius 3 is 2.30 bits per heavy atom. The first kappa shape index (κ1) is 22.4. The maximum absolute atomic E-state index is 10.1. The Kier molecular flexibility index (Phi) is 8.78. The number of unbranched alkanes of at least 4 members (excludes halogenated alkanes) is 5. The molecule has 3 nitrogen and oxygen atoms in total. The van der Waals surface area contributed by atoms with Crippen LogP contribution in [-0.4, -0.2) is 16.5 Å². The van der Waals surface area contributed by atoms with Crippen molar-refractivity contribution in [1.29, 1.82) is 0 Å². The highest BCUT2D eigenvalue weighted by Gasteiger charge is 2.44. The first-order valence-corrected chi connectivity index (χ1v) is 10.9. The lowest BCUT2D eigenvalue weighted by atomic mass is 9.81. The van der Waals surface area contributed by atoms with Crippen molar-refractivity contribution >= 4 is 0 Å². The third-order valence-corrected chi connectivity index (χ3v) is 6.10. The highest BCUT2D eigenvalue weighted by Crippen LogP contribution is 2.40. The van der Waals surface area contributed by atoms with Gasteiger partial charge in [-0.1, -0.05) is 82.7 Å². The largest absolute Gasteiger partial charge is 0.363 e. The maximum Gasteiger partial charge on any atom is 0.198 e. The van der Waals surface area contributed by atoms with Crippen LogP contribution in [0.2, 0.25) is 0 Å². The summed E-state index contributed by atoms with van der Waals surface area (Å²) in [6, 6.07) is 10.8. The molecule has 1 aromatic rings. The highest BCUT2D eigenvalue weighted by atomic mass is 17.2. The van der Waals surface area contributed by atoms with Gasteiger partial charge in [0.1, 0.15) is 5.60 Å². The third kappa shape index (κ3) is 7.93. The molecule has 0 amide bonds. The molecule has 1 fully saturated rings. The van der Waals surface area contributed by atoms with E-state index in [0.29, 0.717) is 5.92 Å². The molecule has 0 radical (unpaired) electrons. The molecule has 2 rings (SSSR count). The van der Waals surface area contributed by atoms with E-state index in [1.54, 1.807) is 6.92 Å². The molecule has 4 atom stereocenters. The molecular weight excluding hydrogens is 336 g/mol. The lowest BCUT2D eigenvalue weighted by Crippen LogP contribution is -2.49. The smallest absolute Gasteiger partial charge is 0.198 e. The second kappa shape index (κ2) is 10.6. The molecule has 1 aliphatic heterocycles. The van der Waals surface area contributed by atoms with Crippen LogP contribution < -0.4 is 0 Å². The Morgan fingerprint density at radius 2 is 1.63 bits per heavy atom. The fourth-order valence-corrected chi connectivity index (χ4v) is 4.27. The molecule has 1 heterocycles. The summed E-state index contributed by atoms with van der Waals surface area (Å²) in [5, 5.41) is 10.1. The monoisotopic (exact) mass is 376 g/mol. The van der Waals surface area contributed by atoms with E-state index in [2.05, 4.69) is 44.2 Å². The van der Waals surface area contributed by atoms with Crippen LogP contribution in [0.15, 0.2) is 30.3 Å². The number of benzene rings is 1. The molecule has 3 heteroatoms. The molecule has 1 unspecified atom stereocenters. The minimum atomic E-state index is -1.16. The molecule has 1 saturated heterocycles. The SMILES string of the molecule is CC(CCCCCCCCc1ccccc1)C[C@@]1(C)C[C@@H](C)[C@@](C)(O)OO1. The summed E-state index contributed by atoms with van der Waals surface area (Å²) >= 11 is 0. The van der Waals surface area contributed by atoms with E-state index in [9.17, 15) is 5.11 Å². The minimum absolute atomic E-state index is 0.0827. The van der Waals surface area contributed by atoms with Gasteiger partial charge in [0.05, 0.1) is 0 Å². The maximum atomic E-state index is 10.1. The number of aryl methyl sites for hydroxylation is 1. The van der Waals surface area contributed by atoms with Gasteiger partial charge in [0.15, 0.2) is 5.79 Å². The second-order valence-corrected chi connectivity index (χ2v) is 9.23. The number of rotatable bonds is 11. The average molecular weight is 377 g/mol. The predicted octanol–water partition coefficient (Wildman–Crippen LogP) is 6.44. The molecule has 0 aromatic heterocycles. The van der Waals surface area contributed by atoms with E-state index >= 15 is 0 Å². The van der Waals surface area contributed by atoms with Crippen LogP contribution in [0, 0.1) is 11.8 Å². The van der Waals surface area contributed by atoms with Crippen LogP contribution in [0.1, 0.15) is 91.0 Å². The summed E-state index contributed by atoms with van der Waals surface area (Å²) in [4.78, 5) is 10.8. The zero-order valence-corrected chi connectivity index (χ0v) is 17.9. The molecule has 0 bridgehead atoms. The van der Waals surface area contributed by atoms with Crippen molar-refractivity contribution < 1.29 is 14.9 Å². The molecule has 1 aliphatic rings. The fourth-order valence-electron chi connectivity index (χ4n) is 4.27. The van der Waals surface area contributed by atoms with E-state index < -0.39 is 5.79 Å². The van der Waals surface area contributed by atoms with Gasteiger partial charge in [0, 0.05) is 5.92 Å². The van der Waals surface area contributed by atoms with Gasteiger partial charge in [-0.15, -0.1) is 0 Å². The average Bonchev–Trinajstić information content (AvgIpc) is 2.62. The van der Waals surface area contributed by atoms with Gasteiger partial charge < -0.3 is 5.11 Å². The minimum Gasteiger partial charge on any atom is -0.363 e. The molecule has 1 N–H and O–H groups in total. The number of aliphatic hydroxyl groups is 1. The topological polar surface area (TPSA) is 38.7 Å². The van der Waals surface area contributed by atoms with Gasteiger partial charge in [-0.25, -0.2) is 9.78 Å². The summed E-state index contributed by atoms with van der Waals surface area (Å²) in [5.74, 6) is -0.463. The summed E-state index contributed by atoms with van der Waals surface area (Å²) in [7, 11) is 0. The third-order valence-electron chi connectivity index (χ3n) is 6.10. The Hall–Kier alpha value is -0.900. The first-order chi connectivity index (χ1) is 12.8. The Labute approximate surface area is 166 Å². The summed E-state index contributed by atoms with van der Waals surface area (Å²) < 4.78 is 0. The van der Waals surface area contributed by atoms with Crippen LogP contribution in [0.3, 0.4) is 0 Å². The van der Waals surface area contributed by atoms with Crippen molar-refractivity contribution in [3.8, 4) is 0 Å². The zero-order chi connectivity index (χ0) is 19.8. The molecule has 1 aromatic carbocycles. The summed E-state index contributed by atoms with van der Waals surface area (Å²) in [5.41, 5.74) is 1.18. The molecule has 0 spiro atoms. The predicted molar refractivity (Wildman–Crippen MR) is 111 cm³/mol. The van der Waals surface area contributed by atoms with Gasteiger partial charge >= 0.3 is 0 Å². The number of hydrogen-bond acceptors (Lipinski definition) is 3. The van der Waals surface area contributed by atoms with Crippen LogP contribution >= 0.6 is 0 Å². The molecular formula is C24H40O3. The fraction of sp³-hybridized carbons (Fsp3) is 0.750. The van der Waals surface area contributed by atoms with Crippen LogP contribution in [0.5, 0.6) is 0 Å². The molecule has 0 saturated carbocycles. The van der Waals surface area contributed by atoms with E-state index in [0.717, 1.165) is 12.8 Å². The first-order valence-electron chi connectivity index (χ1n) is 10.9. The van der Waals surface area contributed by atoms with Crippen molar-refractivity contribution in [1.82, 2.24) is 0 Å². The quantitative estimate of drug-likeness (QED) is 0.357. The second-order valence-electron chi connectivity index (χ2n) is 9.23. The van der Waals surface area contributed by atoms with Gasteiger partial charge in [-0.05, 0) is 51.0 Å². The Morgan fingerprint density at radius 1 is 1.00 bits per heavy atom. The normalized spacial score (nSPS) is 29.6. The van der Waals surface area contributed by atoms with Crippen molar-refractivity contribution in [3.05, 3.63) is 35.9 Å². The zero-order valence-electron chi connectivity index (χ0n) is 17.9. The molecule has 154 valence electrons. The van der Waals surface area contributed by atoms with E-state index in [4.69, 9.17) is 9.78 Å².